The average molecular weight is 215 g/mol. The summed E-state index contributed by atoms with van der Waals surface area (Å²) < 4.78 is 5.21. The van der Waals surface area contributed by atoms with Gasteiger partial charge in [0.1, 0.15) is 0 Å². The van der Waals surface area contributed by atoms with Gasteiger partial charge in [0.15, 0.2) is 6.29 Å². The van der Waals surface area contributed by atoms with Gasteiger partial charge in [0.05, 0.1) is 0 Å². The van der Waals surface area contributed by atoms with Crippen LogP contribution in [0.25, 0.3) is 0 Å². The number of ether oxygens (including phenoxy) is 1. The van der Waals surface area contributed by atoms with Crippen LogP contribution >= 0.6 is 0 Å². The molecule has 1 radical (unpaired) electrons. The van der Waals surface area contributed by atoms with Crippen molar-refractivity contribution in [2.45, 2.75) is 77.9 Å². The first kappa shape index (κ1) is 14.9. The Labute approximate surface area is 95.0 Å². The smallest absolute Gasteiger partial charge is 0.191 e. The minimum Gasteiger partial charge on any atom is -0.350 e. The predicted octanol–water partition coefficient (Wildman–Crippen LogP) is 4.31. The highest BCUT2D eigenvalue weighted by atomic mass is 16.6. The second kappa shape index (κ2) is 12.0. The second-order valence-electron chi connectivity index (χ2n) is 4.21. The molecule has 2 heteroatoms. The van der Waals surface area contributed by atoms with Crippen molar-refractivity contribution in [2.75, 3.05) is 6.61 Å². The Morgan fingerprint density at radius 3 is 2.07 bits per heavy atom. The van der Waals surface area contributed by atoms with Crippen LogP contribution in [0.4, 0.5) is 0 Å². The van der Waals surface area contributed by atoms with E-state index in [-0.39, 0.29) is 0 Å². The highest BCUT2D eigenvalue weighted by molar-refractivity contribution is 4.46. The zero-order chi connectivity index (χ0) is 11.4. The Hall–Kier alpha value is -0.0800. The van der Waals surface area contributed by atoms with Gasteiger partial charge in [0.2, 0.25) is 0 Å². The fourth-order valence-electron chi connectivity index (χ4n) is 1.56. The van der Waals surface area contributed by atoms with E-state index in [0.717, 1.165) is 12.8 Å². The summed E-state index contributed by atoms with van der Waals surface area (Å²) in [6.45, 7) is 5.02. The second-order valence-corrected chi connectivity index (χ2v) is 4.21. The quantitative estimate of drug-likeness (QED) is 0.373. The largest absolute Gasteiger partial charge is 0.350 e. The third kappa shape index (κ3) is 11.8. The maximum Gasteiger partial charge on any atom is 0.191 e. The van der Waals surface area contributed by atoms with Crippen molar-refractivity contribution in [1.82, 2.24) is 0 Å². The minimum absolute atomic E-state index is 0.655. The van der Waals surface area contributed by atoms with Gasteiger partial charge in [0.25, 0.3) is 0 Å². The molecule has 0 bridgehead atoms. The molecule has 15 heavy (non-hydrogen) atoms. The Kier molecular flexibility index (Phi) is 11.9. The van der Waals surface area contributed by atoms with Crippen molar-refractivity contribution in [3.8, 4) is 0 Å². The summed E-state index contributed by atoms with van der Waals surface area (Å²) in [7, 11) is 0. The van der Waals surface area contributed by atoms with Gasteiger partial charge in [-0.05, 0) is 12.8 Å². The van der Waals surface area contributed by atoms with Crippen molar-refractivity contribution in [3.05, 3.63) is 0 Å². The Morgan fingerprint density at radius 2 is 1.47 bits per heavy atom. The molecule has 1 atom stereocenters. The summed E-state index contributed by atoms with van der Waals surface area (Å²) in [5.41, 5.74) is 0. The fourth-order valence-corrected chi connectivity index (χ4v) is 1.56. The number of hydrogen-bond acceptors (Lipinski definition) is 1. The summed E-state index contributed by atoms with van der Waals surface area (Å²) in [4.78, 5) is 0. The molecule has 91 valence electrons. The topological polar surface area (TPSA) is 29.1 Å². The fraction of sp³-hybridized carbons (Fsp3) is 1.00. The lowest BCUT2D eigenvalue weighted by molar-refractivity contribution is -0.144. The van der Waals surface area contributed by atoms with Crippen molar-refractivity contribution in [1.29, 1.82) is 0 Å². The summed E-state index contributed by atoms with van der Waals surface area (Å²) in [5, 5.41) is 11.3. The van der Waals surface area contributed by atoms with Gasteiger partial charge >= 0.3 is 0 Å². The number of hydrogen-bond donors (Lipinski definition) is 0. The monoisotopic (exact) mass is 215 g/mol. The molecule has 0 aromatic rings. The molecule has 0 saturated heterocycles. The molecule has 0 saturated carbocycles. The van der Waals surface area contributed by atoms with Crippen molar-refractivity contribution in [3.63, 3.8) is 0 Å². The Balaban J connectivity index is 3.08. The molecule has 0 heterocycles. The summed E-state index contributed by atoms with van der Waals surface area (Å²) >= 11 is 0. The molecule has 0 aromatic carbocycles. The van der Waals surface area contributed by atoms with Crippen LogP contribution < -0.4 is 0 Å². The molecule has 0 aliphatic carbocycles. The van der Waals surface area contributed by atoms with E-state index >= 15 is 0 Å². The van der Waals surface area contributed by atoms with Gasteiger partial charge in [-0.15, -0.1) is 0 Å². The van der Waals surface area contributed by atoms with E-state index in [9.17, 15) is 5.11 Å². The molecular weight excluding hydrogens is 188 g/mol. The van der Waals surface area contributed by atoms with Crippen molar-refractivity contribution in [2.24, 2.45) is 0 Å². The molecule has 0 rings (SSSR count). The molecule has 0 aliphatic rings. The lowest BCUT2D eigenvalue weighted by Crippen LogP contribution is -2.11. The Bertz CT molecular complexity index is 115. The zero-order valence-corrected chi connectivity index (χ0v) is 10.5. The van der Waals surface area contributed by atoms with Gasteiger partial charge in [-0.1, -0.05) is 52.4 Å². The van der Waals surface area contributed by atoms with E-state index in [2.05, 4.69) is 13.8 Å². The van der Waals surface area contributed by atoms with Crippen LogP contribution in [-0.2, 0) is 9.84 Å². The first-order valence-corrected chi connectivity index (χ1v) is 6.58. The van der Waals surface area contributed by atoms with Crippen molar-refractivity contribution >= 4 is 0 Å². The third-order valence-electron chi connectivity index (χ3n) is 2.60. The molecule has 0 aromatic heterocycles. The van der Waals surface area contributed by atoms with Crippen LogP contribution in [0.2, 0.25) is 0 Å². The molecule has 0 aliphatic heterocycles. The lowest BCUT2D eigenvalue weighted by atomic mass is 10.1. The standard InChI is InChI=1S/C13H27O2/c1-3-5-7-9-11-13(14)15-12-10-8-6-4-2/h13H,3-12H2,1-2H3. The molecule has 0 amide bonds. The van der Waals surface area contributed by atoms with E-state index in [4.69, 9.17) is 4.74 Å². The first-order valence-electron chi connectivity index (χ1n) is 6.58. The summed E-state index contributed by atoms with van der Waals surface area (Å²) in [6, 6.07) is 0. The highest BCUT2D eigenvalue weighted by Gasteiger charge is 2.04. The predicted molar refractivity (Wildman–Crippen MR) is 63.3 cm³/mol. The average Bonchev–Trinajstić information content (AvgIpc) is 2.24. The normalized spacial score (nSPS) is 13.0. The molecule has 2 nitrogen and oxygen atoms in total. The lowest BCUT2D eigenvalue weighted by Gasteiger charge is -2.09. The van der Waals surface area contributed by atoms with E-state index < -0.39 is 6.29 Å². The maximum absolute atomic E-state index is 11.3. The zero-order valence-electron chi connectivity index (χ0n) is 10.5. The van der Waals surface area contributed by atoms with Gasteiger partial charge in [-0.2, -0.15) is 0 Å². The first-order chi connectivity index (χ1) is 7.31. The Morgan fingerprint density at radius 1 is 0.867 bits per heavy atom. The number of unbranched alkanes of at least 4 members (excludes halogenated alkanes) is 6. The molecule has 0 fully saturated rings. The summed E-state index contributed by atoms with van der Waals surface area (Å²) in [6.07, 6.45) is 9.30. The van der Waals surface area contributed by atoms with E-state index in [0.29, 0.717) is 13.0 Å². The van der Waals surface area contributed by atoms with Gasteiger partial charge < -0.3 is 4.74 Å². The van der Waals surface area contributed by atoms with E-state index in [1.54, 1.807) is 0 Å². The van der Waals surface area contributed by atoms with Crippen LogP contribution in [0.15, 0.2) is 0 Å². The summed E-state index contributed by atoms with van der Waals surface area (Å²) in [5.74, 6) is 0. The van der Waals surface area contributed by atoms with E-state index in [1.165, 1.54) is 38.5 Å². The van der Waals surface area contributed by atoms with Crippen molar-refractivity contribution < 1.29 is 9.84 Å². The van der Waals surface area contributed by atoms with Crippen LogP contribution in [0.5, 0.6) is 0 Å². The molecule has 0 spiro atoms. The van der Waals surface area contributed by atoms with Crippen LogP contribution in [-0.4, -0.2) is 12.9 Å². The van der Waals surface area contributed by atoms with Gasteiger partial charge in [-0.25, -0.2) is 5.11 Å². The molecular formula is C13H27O2. The van der Waals surface area contributed by atoms with Crippen LogP contribution in [0.3, 0.4) is 0 Å². The highest BCUT2D eigenvalue weighted by Crippen LogP contribution is 2.08. The van der Waals surface area contributed by atoms with E-state index in [1.807, 2.05) is 0 Å². The SMILES string of the molecule is CCCCCCOC([O])CCCCCC. The molecule has 1 unspecified atom stereocenters. The number of rotatable bonds is 11. The van der Waals surface area contributed by atoms with Gasteiger partial charge in [0, 0.05) is 13.0 Å². The van der Waals surface area contributed by atoms with Crippen LogP contribution in [0.1, 0.15) is 71.6 Å². The molecule has 0 N–H and O–H groups in total. The minimum atomic E-state index is -0.775. The maximum atomic E-state index is 11.3. The third-order valence-corrected chi connectivity index (χ3v) is 2.60. The van der Waals surface area contributed by atoms with Gasteiger partial charge in [-0.3, -0.25) is 0 Å². The van der Waals surface area contributed by atoms with Crippen LogP contribution in [0, 0.1) is 0 Å².